The highest BCUT2D eigenvalue weighted by Crippen LogP contribution is 2.07. The van der Waals surface area contributed by atoms with Crippen molar-refractivity contribution >= 4 is 34.3 Å². The van der Waals surface area contributed by atoms with Gasteiger partial charge in [-0.2, -0.15) is 0 Å². The van der Waals surface area contributed by atoms with Gasteiger partial charge in [0.15, 0.2) is 5.78 Å². The summed E-state index contributed by atoms with van der Waals surface area (Å²) < 4.78 is 4.78. The molecule has 0 aromatic rings. The van der Waals surface area contributed by atoms with Gasteiger partial charge in [-0.15, -0.1) is 11.7 Å². The highest BCUT2D eigenvalue weighted by Gasteiger charge is 2.16. The van der Waals surface area contributed by atoms with E-state index in [-0.39, 0.29) is 5.78 Å². The Labute approximate surface area is 93.0 Å². The summed E-state index contributed by atoms with van der Waals surface area (Å²) in [6, 6.07) is -0.512. The number of carbonyl (C=O) groups excluding carboxylic acids is 2. The van der Waals surface area contributed by atoms with Crippen LogP contribution in [0.4, 0.5) is 4.79 Å². The molecule has 0 spiro atoms. The van der Waals surface area contributed by atoms with Gasteiger partial charge < -0.3 is 10.1 Å². The Kier molecular flexibility index (Phi) is 7.78. The van der Waals surface area contributed by atoms with Gasteiger partial charge in [0.1, 0.15) is 6.04 Å². The molecule has 1 amide bonds. The van der Waals surface area contributed by atoms with Gasteiger partial charge in [0, 0.05) is 5.75 Å². The number of nitrogens with one attached hydrogen (secondary N) is 1. The molecule has 0 aliphatic carbocycles. The SMILES string of the molecule is CCCOC(=O)NC(CSS)C(C)=O. The summed E-state index contributed by atoms with van der Waals surface area (Å²) in [6.07, 6.45) is 0.217. The molecule has 0 aliphatic rings. The predicted octanol–water partition coefficient (Wildman–Crippen LogP) is 1.66. The van der Waals surface area contributed by atoms with Gasteiger partial charge in [-0.3, -0.25) is 4.79 Å². The summed E-state index contributed by atoms with van der Waals surface area (Å²) in [4.78, 5) is 22.1. The van der Waals surface area contributed by atoms with Gasteiger partial charge in [0.05, 0.1) is 6.61 Å². The molecule has 0 rings (SSSR count). The minimum atomic E-state index is -0.547. The fourth-order valence-electron chi connectivity index (χ4n) is 0.714. The van der Waals surface area contributed by atoms with E-state index in [0.29, 0.717) is 12.4 Å². The average molecular weight is 237 g/mol. The first kappa shape index (κ1) is 13.6. The lowest BCUT2D eigenvalue weighted by atomic mass is 10.2. The van der Waals surface area contributed by atoms with Crippen molar-refractivity contribution in [3.8, 4) is 0 Å². The number of amides is 1. The van der Waals surface area contributed by atoms with E-state index in [9.17, 15) is 9.59 Å². The third-order valence-corrected chi connectivity index (χ3v) is 2.39. The maximum Gasteiger partial charge on any atom is 0.407 e. The van der Waals surface area contributed by atoms with Crippen molar-refractivity contribution < 1.29 is 14.3 Å². The highest BCUT2D eigenvalue weighted by atomic mass is 33.1. The van der Waals surface area contributed by atoms with Crippen LogP contribution in [0.5, 0.6) is 0 Å². The van der Waals surface area contributed by atoms with Gasteiger partial charge in [0.2, 0.25) is 0 Å². The molecule has 4 nitrogen and oxygen atoms in total. The zero-order valence-corrected chi connectivity index (χ0v) is 9.99. The number of hydrogen-bond donors (Lipinski definition) is 2. The van der Waals surface area contributed by atoms with E-state index in [2.05, 4.69) is 17.0 Å². The van der Waals surface area contributed by atoms with E-state index in [0.717, 1.165) is 6.42 Å². The van der Waals surface area contributed by atoms with Crippen LogP contribution in [0.25, 0.3) is 0 Å². The Balaban J connectivity index is 3.90. The Hall–Kier alpha value is -0.360. The van der Waals surface area contributed by atoms with Crippen LogP contribution in [0.1, 0.15) is 20.3 Å². The molecule has 1 N–H and O–H groups in total. The van der Waals surface area contributed by atoms with Gasteiger partial charge in [-0.05, 0) is 13.3 Å². The molecule has 6 heteroatoms. The van der Waals surface area contributed by atoms with Crippen LogP contribution in [0.3, 0.4) is 0 Å². The van der Waals surface area contributed by atoms with Crippen LogP contribution in [0.2, 0.25) is 0 Å². The van der Waals surface area contributed by atoms with Crippen LogP contribution in [-0.4, -0.2) is 30.3 Å². The molecule has 0 aliphatic heterocycles. The number of alkyl carbamates (subject to hydrolysis) is 1. The molecule has 0 saturated heterocycles. The number of ether oxygens (including phenoxy) is 1. The zero-order valence-electron chi connectivity index (χ0n) is 8.28. The molecular formula is C8H15NO3S2. The van der Waals surface area contributed by atoms with E-state index >= 15 is 0 Å². The lowest BCUT2D eigenvalue weighted by Crippen LogP contribution is -2.41. The number of thiol groups is 1. The van der Waals surface area contributed by atoms with Gasteiger partial charge >= 0.3 is 6.09 Å². The molecule has 14 heavy (non-hydrogen) atoms. The molecule has 0 aromatic heterocycles. The Morgan fingerprint density at radius 3 is 2.64 bits per heavy atom. The minimum absolute atomic E-state index is 0.0972. The van der Waals surface area contributed by atoms with Crippen molar-refractivity contribution in [3.05, 3.63) is 0 Å². The summed E-state index contributed by atoms with van der Waals surface area (Å²) in [5.74, 6) is 0.347. The normalized spacial score (nSPS) is 11.9. The lowest BCUT2D eigenvalue weighted by Gasteiger charge is -2.13. The summed E-state index contributed by atoms with van der Waals surface area (Å²) >= 11 is 3.92. The van der Waals surface area contributed by atoms with E-state index in [1.807, 2.05) is 6.92 Å². The third-order valence-electron chi connectivity index (χ3n) is 1.46. The van der Waals surface area contributed by atoms with Gasteiger partial charge in [-0.1, -0.05) is 17.7 Å². The first-order valence-corrected chi connectivity index (χ1v) is 6.35. The first-order chi connectivity index (χ1) is 6.61. The topological polar surface area (TPSA) is 55.4 Å². The number of ketones is 1. The molecule has 0 bridgehead atoms. The molecule has 82 valence electrons. The summed E-state index contributed by atoms with van der Waals surface area (Å²) in [5.41, 5.74) is 0. The standard InChI is InChI=1S/C8H15NO3S2/c1-3-4-12-8(11)9-7(5-14-13)6(2)10/h7,13H,3-5H2,1-2H3,(H,9,11). The number of carbonyl (C=O) groups is 2. The summed E-state index contributed by atoms with van der Waals surface area (Å²) in [7, 11) is 1.21. The molecule has 0 fully saturated rings. The van der Waals surface area contributed by atoms with Gasteiger partial charge in [0.25, 0.3) is 0 Å². The summed E-state index contributed by atoms with van der Waals surface area (Å²) in [6.45, 7) is 3.69. The van der Waals surface area contributed by atoms with Crippen molar-refractivity contribution in [2.75, 3.05) is 12.4 Å². The average Bonchev–Trinajstić information content (AvgIpc) is 2.14. The van der Waals surface area contributed by atoms with Crippen LogP contribution in [-0.2, 0) is 9.53 Å². The Morgan fingerprint density at radius 1 is 1.57 bits per heavy atom. The molecule has 0 radical (unpaired) electrons. The second-order valence-electron chi connectivity index (χ2n) is 2.74. The molecule has 1 atom stereocenters. The summed E-state index contributed by atoms with van der Waals surface area (Å²) in [5, 5.41) is 2.47. The largest absolute Gasteiger partial charge is 0.450 e. The maximum absolute atomic E-state index is 11.1. The minimum Gasteiger partial charge on any atom is -0.450 e. The molecule has 0 heterocycles. The number of rotatable bonds is 6. The van der Waals surface area contributed by atoms with Crippen molar-refractivity contribution in [1.29, 1.82) is 0 Å². The third kappa shape index (κ3) is 6.15. The second-order valence-corrected chi connectivity index (χ2v) is 4.11. The zero-order chi connectivity index (χ0) is 11.0. The number of hydrogen-bond acceptors (Lipinski definition) is 5. The van der Waals surface area contributed by atoms with Crippen LogP contribution < -0.4 is 5.32 Å². The molecule has 1 unspecified atom stereocenters. The van der Waals surface area contributed by atoms with Crippen LogP contribution in [0, 0.1) is 0 Å². The van der Waals surface area contributed by atoms with Crippen molar-refractivity contribution in [2.45, 2.75) is 26.3 Å². The van der Waals surface area contributed by atoms with Gasteiger partial charge in [-0.25, -0.2) is 4.79 Å². The smallest absolute Gasteiger partial charge is 0.407 e. The second kappa shape index (κ2) is 7.99. The Bertz CT molecular complexity index is 199. The van der Waals surface area contributed by atoms with E-state index < -0.39 is 12.1 Å². The van der Waals surface area contributed by atoms with Crippen LogP contribution >= 0.6 is 22.5 Å². The van der Waals surface area contributed by atoms with E-state index in [1.165, 1.54) is 17.7 Å². The lowest BCUT2D eigenvalue weighted by molar-refractivity contribution is -0.118. The molecular weight excluding hydrogens is 222 g/mol. The molecule has 0 aromatic carbocycles. The fourth-order valence-corrected chi connectivity index (χ4v) is 1.63. The first-order valence-electron chi connectivity index (χ1n) is 4.32. The monoisotopic (exact) mass is 237 g/mol. The van der Waals surface area contributed by atoms with Crippen molar-refractivity contribution in [1.82, 2.24) is 5.32 Å². The van der Waals surface area contributed by atoms with Crippen LogP contribution in [0.15, 0.2) is 0 Å². The van der Waals surface area contributed by atoms with Crippen molar-refractivity contribution in [2.24, 2.45) is 0 Å². The molecule has 0 saturated carbocycles. The van der Waals surface area contributed by atoms with E-state index in [1.54, 1.807) is 0 Å². The Morgan fingerprint density at radius 2 is 2.21 bits per heavy atom. The number of Topliss-reactive ketones (excluding diaryl/α,β-unsaturated/α-hetero) is 1. The fraction of sp³-hybridized carbons (Fsp3) is 0.750. The quantitative estimate of drug-likeness (QED) is 0.545. The maximum atomic E-state index is 11.1. The van der Waals surface area contributed by atoms with Crippen molar-refractivity contribution in [3.63, 3.8) is 0 Å². The predicted molar refractivity (Wildman–Crippen MR) is 60.7 cm³/mol. The highest BCUT2D eigenvalue weighted by molar-refractivity contribution is 8.68. The van der Waals surface area contributed by atoms with E-state index in [4.69, 9.17) is 4.74 Å².